The Balaban J connectivity index is 1.70. The number of carbonyl (C=O) groups is 1. The Morgan fingerprint density at radius 2 is 1.87 bits per heavy atom. The fourth-order valence-electron chi connectivity index (χ4n) is 3.01. The van der Waals surface area contributed by atoms with Gasteiger partial charge in [0.2, 0.25) is 10.0 Å². The number of carbonyl (C=O) groups excluding carboxylic acids is 1. The molecule has 3 rings (SSSR count). The molecule has 0 radical (unpaired) electrons. The number of amides is 1. The first kappa shape index (κ1) is 21.5. The molecule has 0 fully saturated rings. The highest BCUT2D eigenvalue weighted by atomic mass is 32.2. The van der Waals surface area contributed by atoms with Crippen LogP contribution in [0.25, 0.3) is 10.8 Å². The molecule has 156 valence electrons. The van der Waals surface area contributed by atoms with Crippen LogP contribution in [-0.4, -0.2) is 45.5 Å². The van der Waals surface area contributed by atoms with E-state index >= 15 is 0 Å². The van der Waals surface area contributed by atoms with Crippen LogP contribution in [-0.2, 0) is 14.8 Å². The maximum Gasteiger partial charge on any atom is 0.255 e. The Labute approximate surface area is 176 Å². The van der Waals surface area contributed by atoms with E-state index in [0.29, 0.717) is 0 Å². The van der Waals surface area contributed by atoms with Crippen molar-refractivity contribution in [2.24, 2.45) is 5.10 Å². The topological polar surface area (TPSA) is 88.1 Å². The zero-order valence-electron chi connectivity index (χ0n) is 17.0. The molecule has 0 aliphatic rings. The molecule has 1 amide bonds. The van der Waals surface area contributed by atoms with Crippen molar-refractivity contribution in [1.82, 2.24) is 9.73 Å². The van der Waals surface area contributed by atoms with Crippen molar-refractivity contribution in [1.29, 1.82) is 0 Å². The number of hydrazone groups is 1. The molecule has 3 aromatic carbocycles. The van der Waals surface area contributed by atoms with Crippen molar-refractivity contribution in [2.45, 2.75) is 11.8 Å². The lowest BCUT2D eigenvalue weighted by Gasteiger charge is -2.18. The van der Waals surface area contributed by atoms with Crippen molar-refractivity contribution in [2.75, 3.05) is 20.7 Å². The first-order chi connectivity index (χ1) is 14.3. The van der Waals surface area contributed by atoms with Crippen LogP contribution >= 0.6 is 0 Å². The van der Waals surface area contributed by atoms with Crippen LogP contribution in [0, 0.1) is 6.92 Å². The molecule has 3 aromatic rings. The monoisotopic (exact) mass is 425 g/mol. The number of fused-ring (bicyclic) bond motifs is 1. The maximum absolute atomic E-state index is 12.9. The number of likely N-dealkylation sites (N-methyl/N-ethyl adjacent to an activating group) is 1. The Hall–Kier alpha value is -3.23. The predicted molar refractivity (Wildman–Crippen MR) is 117 cm³/mol. The summed E-state index contributed by atoms with van der Waals surface area (Å²) in [7, 11) is -1.17. The van der Waals surface area contributed by atoms with E-state index in [1.165, 1.54) is 26.4 Å². The number of sulfonamides is 1. The van der Waals surface area contributed by atoms with Gasteiger partial charge in [-0.3, -0.25) is 4.79 Å². The van der Waals surface area contributed by atoms with Gasteiger partial charge < -0.3 is 4.74 Å². The number of hydrogen-bond donors (Lipinski definition) is 1. The summed E-state index contributed by atoms with van der Waals surface area (Å²) in [5.41, 5.74) is 4.00. The number of ether oxygens (including phenoxy) is 1. The van der Waals surface area contributed by atoms with Gasteiger partial charge in [0.25, 0.3) is 5.91 Å². The van der Waals surface area contributed by atoms with Crippen LogP contribution in [0.2, 0.25) is 0 Å². The summed E-state index contributed by atoms with van der Waals surface area (Å²) in [6.07, 6.45) is 1.54. The fraction of sp³-hybridized carbons (Fsp3) is 0.182. The lowest BCUT2D eigenvalue weighted by Crippen LogP contribution is -2.36. The minimum Gasteiger partial charge on any atom is -0.495 e. The Bertz CT molecular complexity index is 1200. The molecule has 0 spiro atoms. The fourth-order valence-corrected chi connectivity index (χ4v) is 4.38. The van der Waals surface area contributed by atoms with E-state index in [1.807, 2.05) is 42.5 Å². The van der Waals surface area contributed by atoms with E-state index in [1.54, 1.807) is 19.1 Å². The average Bonchev–Trinajstić information content (AvgIpc) is 2.73. The number of nitrogens with one attached hydrogen (secondary N) is 1. The van der Waals surface area contributed by atoms with Crippen molar-refractivity contribution >= 4 is 32.9 Å². The second kappa shape index (κ2) is 9.06. The van der Waals surface area contributed by atoms with Gasteiger partial charge >= 0.3 is 0 Å². The molecular weight excluding hydrogens is 402 g/mol. The smallest absolute Gasteiger partial charge is 0.255 e. The summed E-state index contributed by atoms with van der Waals surface area (Å²) in [4.78, 5) is 12.3. The molecule has 0 bridgehead atoms. The number of hydrogen-bond acceptors (Lipinski definition) is 5. The standard InChI is InChI=1S/C22H23N3O4S/c1-16-11-12-20(29-3)21(13-16)30(27,28)25(2)15-22(26)24-23-14-18-9-6-8-17-7-4-5-10-19(17)18/h4-14H,15H2,1-3H3,(H,24,26)/b23-14-. The summed E-state index contributed by atoms with van der Waals surface area (Å²) in [5, 5.41) is 6.04. The predicted octanol–water partition coefficient (Wildman–Crippen LogP) is 2.93. The normalized spacial score (nSPS) is 11.9. The zero-order chi connectivity index (χ0) is 21.7. The molecule has 7 nitrogen and oxygen atoms in total. The summed E-state index contributed by atoms with van der Waals surface area (Å²) >= 11 is 0. The summed E-state index contributed by atoms with van der Waals surface area (Å²) < 4.78 is 31.9. The number of methoxy groups -OCH3 is 1. The molecular formula is C22H23N3O4S. The van der Waals surface area contributed by atoms with E-state index < -0.39 is 15.9 Å². The molecule has 0 saturated heterocycles. The van der Waals surface area contributed by atoms with Crippen LogP contribution in [0.1, 0.15) is 11.1 Å². The second-order valence-electron chi connectivity index (χ2n) is 6.78. The van der Waals surface area contributed by atoms with Crippen LogP contribution in [0.3, 0.4) is 0 Å². The molecule has 0 atom stereocenters. The van der Waals surface area contributed by atoms with Crippen molar-refractivity contribution < 1.29 is 17.9 Å². The van der Waals surface area contributed by atoms with Gasteiger partial charge in [-0.15, -0.1) is 0 Å². The second-order valence-corrected chi connectivity index (χ2v) is 8.79. The average molecular weight is 426 g/mol. The van der Waals surface area contributed by atoms with E-state index in [2.05, 4.69) is 10.5 Å². The maximum atomic E-state index is 12.9. The van der Waals surface area contributed by atoms with Gasteiger partial charge in [0.05, 0.1) is 19.9 Å². The molecule has 1 N–H and O–H groups in total. The Morgan fingerprint density at radius 3 is 2.63 bits per heavy atom. The van der Waals surface area contributed by atoms with Crippen molar-refractivity contribution in [3.63, 3.8) is 0 Å². The first-order valence-corrected chi connectivity index (χ1v) is 10.7. The minimum atomic E-state index is -3.91. The largest absolute Gasteiger partial charge is 0.495 e. The van der Waals surface area contributed by atoms with Gasteiger partial charge in [-0.05, 0) is 35.4 Å². The molecule has 0 unspecified atom stereocenters. The van der Waals surface area contributed by atoms with E-state index in [4.69, 9.17) is 4.74 Å². The van der Waals surface area contributed by atoms with Crippen LogP contribution < -0.4 is 10.2 Å². The highest BCUT2D eigenvalue weighted by Crippen LogP contribution is 2.27. The van der Waals surface area contributed by atoms with E-state index in [0.717, 1.165) is 26.2 Å². The van der Waals surface area contributed by atoms with E-state index in [9.17, 15) is 13.2 Å². The number of rotatable bonds is 7. The first-order valence-electron chi connectivity index (χ1n) is 9.23. The lowest BCUT2D eigenvalue weighted by atomic mass is 10.1. The molecule has 0 aromatic heterocycles. The third-order valence-electron chi connectivity index (χ3n) is 4.59. The minimum absolute atomic E-state index is 0.0135. The third kappa shape index (κ3) is 4.67. The number of aryl methyl sites for hydroxylation is 1. The van der Waals surface area contributed by atoms with Gasteiger partial charge in [-0.25, -0.2) is 13.8 Å². The molecule has 0 heterocycles. The van der Waals surface area contributed by atoms with Gasteiger partial charge in [0.15, 0.2) is 0 Å². The van der Waals surface area contributed by atoms with Gasteiger partial charge in [-0.1, -0.05) is 48.5 Å². The van der Waals surface area contributed by atoms with Gasteiger partial charge in [0, 0.05) is 12.6 Å². The van der Waals surface area contributed by atoms with Crippen LogP contribution in [0.5, 0.6) is 5.75 Å². The third-order valence-corrected chi connectivity index (χ3v) is 6.41. The van der Waals surface area contributed by atoms with Crippen molar-refractivity contribution in [3.05, 3.63) is 71.8 Å². The van der Waals surface area contributed by atoms with E-state index in [-0.39, 0.29) is 17.2 Å². The van der Waals surface area contributed by atoms with Gasteiger partial charge in [0.1, 0.15) is 10.6 Å². The quantitative estimate of drug-likeness (QED) is 0.466. The summed E-state index contributed by atoms with van der Waals surface area (Å²) in [5.74, 6) is -0.328. The molecule has 0 aliphatic carbocycles. The highest BCUT2D eigenvalue weighted by Gasteiger charge is 2.26. The zero-order valence-corrected chi connectivity index (χ0v) is 17.8. The molecule has 8 heteroatoms. The lowest BCUT2D eigenvalue weighted by molar-refractivity contribution is -0.121. The summed E-state index contributed by atoms with van der Waals surface area (Å²) in [6.45, 7) is 1.40. The van der Waals surface area contributed by atoms with Crippen LogP contribution in [0.4, 0.5) is 0 Å². The SMILES string of the molecule is COc1ccc(C)cc1S(=O)(=O)N(C)CC(=O)N/N=C\c1cccc2ccccc12. The number of nitrogens with zero attached hydrogens (tertiary/aromatic N) is 2. The molecule has 0 aliphatic heterocycles. The highest BCUT2D eigenvalue weighted by molar-refractivity contribution is 7.89. The molecule has 0 saturated carbocycles. The number of benzene rings is 3. The summed E-state index contributed by atoms with van der Waals surface area (Å²) in [6, 6.07) is 18.5. The Morgan fingerprint density at radius 1 is 1.13 bits per heavy atom. The van der Waals surface area contributed by atoms with Crippen LogP contribution in [0.15, 0.2) is 70.7 Å². The molecule has 30 heavy (non-hydrogen) atoms. The Kier molecular flexibility index (Phi) is 6.49. The van der Waals surface area contributed by atoms with Gasteiger partial charge in [-0.2, -0.15) is 9.41 Å². The van der Waals surface area contributed by atoms with Crippen molar-refractivity contribution in [3.8, 4) is 5.75 Å².